The zero-order valence-corrected chi connectivity index (χ0v) is 62.9. The molecule has 0 amide bonds. The summed E-state index contributed by atoms with van der Waals surface area (Å²) in [5.74, 6) is 0. The summed E-state index contributed by atoms with van der Waals surface area (Å²) in [6, 6.07) is 134. The Hall–Kier alpha value is -14.6. The van der Waals surface area contributed by atoms with Crippen molar-refractivity contribution in [2.24, 2.45) is 0 Å². The summed E-state index contributed by atoms with van der Waals surface area (Å²) in [5, 5.41) is 12.2. The van der Waals surface area contributed by atoms with Crippen molar-refractivity contribution in [2.45, 2.75) is 0 Å². The summed E-state index contributed by atoms with van der Waals surface area (Å²) < 4.78 is 8.39. The van der Waals surface area contributed by atoms with E-state index >= 15 is 0 Å². The van der Waals surface area contributed by atoms with Crippen LogP contribution in [0.25, 0.3) is 194 Å². The van der Waals surface area contributed by atoms with E-state index in [4.69, 9.17) is 0 Å². The molecule has 22 rings (SSSR count). The van der Waals surface area contributed by atoms with Crippen LogP contribution in [-0.4, -0.2) is 38.6 Å². The maximum atomic E-state index is 4.67. The number of rotatable bonds is 11. The summed E-state index contributed by atoms with van der Waals surface area (Å²) in [4.78, 5) is 21.9. The van der Waals surface area contributed by atoms with E-state index in [0.29, 0.717) is 0 Å². The smallest absolute Gasteiger partial charge is 0.0725 e. The van der Waals surface area contributed by atoms with Crippen LogP contribution in [0.5, 0.6) is 0 Å². The second-order valence-electron chi connectivity index (χ2n) is 28.3. The van der Waals surface area contributed by atoms with Gasteiger partial charge in [-0.05, 0) is 175 Å². The number of aromatic nitrogens is 8. The number of aromatic amines is 1. The first kappa shape index (κ1) is 67.7. The van der Waals surface area contributed by atoms with Gasteiger partial charge in [-0.2, -0.15) is 0 Å². The lowest BCUT2D eigenvalue weighted by atomic mass is 9.97. The van der Waals surface area contributed by atoms with Gasteiger partial charge in [-0.15, -0.1) is 0 Å². The van der Waals surface area contributed by atoms with Gasteiger partial charge in [0.2, 0.25) is 0 Å². The lowest BCUT2D eigenvalue weighted by Gasteiger charge is -2.14. The van der Waals surface area contributed by atoms with E-state index in [1.807, 2.05) is 67.5 Å². The van der Waals surface area contributed by atoms with Gasteiger partial charge in [-0.3, -0.25) is 19.9 Å². The van der Waals surface area contributed by atoms with Gasteiger partial charge in [0.15, 0.2) is 0 Å². The summed E-state index contributed by atoms with van der Waals surface area (Å²) in [6.45, 7) is 0. The average molecular weight is 1510 g/mol. The number of benzene rings is 14. The first-order valence-electron chi connectivity index (χ1n) is 38.0. The van der Waals surface area contributed by atoms with Crippen LogP contribution in [0.4, 0.5) is 0 Å². The lowest BCUT2D eigenvalue weighted by molar-refractivity contribution is 1.14. The number of nitrogens with one attached hydrogen (secondary N) is 1. The number of hydrogen-bond acceptors (Lipinski definition) is 4. The fraction of sp³-hybridized carbons (Fsp3) is 0. The fourth-order valence-electron chi connectivity index (χ4n) is 16.5. The Morgan fingerprint density at radius 2 is 0.655 bits per heavy atom. The maximum Gasteiger partial charge on any atom is 0.0725 e. The van der Waals surface area contributed by atoms with Crippen molar-refractivity contribution < 1.29 is 0 Å². The van der Waals surface area contributed by atoms with E-state index in [0.717, 1.165) is 88.3 Å². The van der Waals surface area contributed by atoms with Gasteiger partial charge in [0.25, 0.3) is 0 Å². The van der Waals surface area contributed by atoms with Gasteiger partial charge in [0.05, 0.1) is 62.8 Å². The summed E-state index contributed by atoms with van der Waals surface area (Å²) in [5.41, 5.74) is 28.3. The van der Waals surface area contributed by atoms with Gasteiger partial charge in [-0.25, -0.2) is 0 Å². The molecule has 0 fully saturated rings. The standard InChI is InChI=1S/C52H34N4.C36H24N4.C16H11Br/c1-3-12-38(13-4-1)49-45-28-29-47-50(52(45)56(51(49)39-14-5-2-6-15-39)43-26-22-37(23-27-43)46-17-9-10-31-54-46)44-30-32-53-34-48(44)55(47)42-24-20-36(21-25-42)41-19-18-35-11-7-8-16-40(35)33-41;1-3-9-25(10-4-1)33-29-18-19-31-34(28-20-22-37-23-32(28)39-31)36(29)40(35(33)26-11-5-2-6-12-26)27-16-14-24(15-17-27)30-13-7-8-21-38-30;17-16-9-7-13(8-10-16)15-6-5-12-3-1-2-4-14(12)11-15/h1-34H;1-23,39H;1-11H. The van der Waals surface area contributed by atoms with E-state index < -0.39 is 0 Å². The Labute approximate surface area is 661 Å². The quantitative estimate of drug-likeness (QED) is 0.140. The first-order chi connectivity index (χ1) is 56.0. The summed E-state index contributed by atoms with van der Waals surface area (Å²) in [6.07, 6.45) is 11.4. The van der Waals surface area contributed by atoms with Crippen molar-refractivity contribution >= 4 is 103 Å². The Balaban J connectivity index is 0.000000126. The zero-order valence-electron chi connectivity index (χ0n) is 61.3. The van der Waals surface area contributed by atoms with Crippen LogP contribution >= 0.6 is 15.9 Å². The van der Waals surface area contributed by atoms with E-state index in [1.54, 1.807) is 0 Å². The van der Waals surface area contributed by atoms with Gasteiger partial charge < -0.3 is 18.7 Å². The molecule has 0 spiro atoms. The zero-order chi connectivity index (χ0) is 75.1. The molecule has 8 aromatic heterocycles. The third-order valence-corrected chi connectivity index (χ3v) is 22.2. The van der Waals surface area contributed by atoms with Crippen LogP contribution in [0.1, 0.15) is 0 Å². The third-order valence-electron chi connectivity index (χ3n) is 21.7. The molecule has 0 saturated carbocycles. The molecule has 113 heavy (non-hydrogen) atoms. The monoisotopic (exact) mass is 1510 g/mol. The highest BCUT2D eigenvalue weighted by Gasteiger charge is 2.28. The highest BCUT2D eigenvalue weighted by molar-refractivity contribution is 9.10. The largest absolute Gasteiger partial charge is 0.353 e. The van der Waals surface area contributed by atoms with Crippen molar-refractivity contribution in [3.63, 3.8) is 0 Å². The normalized spacial score (nSPS) is 11.4. The van der Waals surface area contributed by atoms with Gasteiger partial charge in [0.1, 0.15) is 0 Å². The minimum Gasteiger partial charge on any atom is -0.353 e. The molecule has 0 aliphatic heterocycles. The molecule has 8 heterocycles. The van der Waals surface area contributed by atoms with Crippen LogP contribution in [0.3, 0.4) is 0 Å². The highest BCUT2D eigenvalue weighted by atomic mass is 79.9. The molecule has 9 heteroatoms. The summed E-state index contributed by atoms with van der Waals surface area (Å²) in [7, 11) is 0. The van der Waals surface area contributed by atoms with E-state index in [-0.39, 0.29) is 0 Å². The molecule has 1 N–H and O–H groups in total. The fourth-order valence-corrected chi connectivity index (χ4v) is 16.7. The topological polar surface area (TPSA) is 82.1 Å². The number of halogens is 1. The maximum absolute atomic E-state index is 4.67. The van der Waals surface area contributed by atoms with Crippen LogP contribution in [0, 0.1) is 0 Å². The van der Waals surface area contributed by atoms with E-state index in [1.165, 1.54) is 110 Å². The molecule has 0 aliphatic rings. The Bertz CT molecular complexity index is 7230. The van der Waals surface area contributed by atoms with Crippen molar-refractivity contribution in [3.8, 4) is 107 Å². The molecule has 14 aromatic carbocycles. The molecule has 532 valence electrons. The molecular formula is C104H69BrN8. The third kappa shape index (κ3) is 12.6. The number of H-pyrrole nitrogens is 1. The molecule has 0 aliphatic carbocycles. The van der Waals surface area contributed by atoms with Gasteiger partial charge >= 0.3 is 0 Å². The summed E-state index contributed by atoms with van der Waals surface area (Å²) >= 11 is 3.46. The molecule has 0 radical (unpaired) electrons. The van der Waals surface area contributed by atoms with Crippen molar-refractivity contribution in [2.75, 3.05) is 0 Å². The van der Waals surface area contributed by atoms with Crippen molar-refractivity contribution in [3.05, 3.63) is 418 Å². The van der Waals surface area contributed by atoms with Gasteiger partial charge in [0, 0.05) is 106 Å². The average Bonchev–Trinajstić information content (AvgIpc) is 1.53. The Morgan fingerprint density at radius 1 is 0.248 bits per heavy atom. The number of hydrogen-bond donors (Lipinski definition) is 1. The minimum absolute atomic E-state index is 0.953. The Morgan fingerprint density at radius 3 is 1.15 bits per heavy atom. The first-order valence-corrected chi connectivity index (χ1v) is 38.8. The highest BCUT2D eigenvalue weighted by Crippen LogP contribution is 2.50. The molecular weight excluding hydrogens is 1440 g/mol. The second-order valence-corrected chi connectivity index (χ2v) is 29.2. The molecule has 0 unspecified atom stereocenters. The molecule has 8 nitrogen and oxygen atoms in total. The molecule has 22 aromatic rings. The second kappa shape index (κ2) is 29.4. The molecule has 0 saturated heterocycles. The van der Waals surface area contributed by atoms with E-state index in [9.17, 15) is 0 Å². The SMILES string of the molecule is Brc1ccc(-c2ccc3ccccc3c2)cc1.c1ccc(-c2c(-c3ccccc3)n(-c3ccc(-c4ccccn4)cc3)c3c2ccc2[nH]c4cnccc4c23)cc1.c1ccc(-c2c(-c3ccccc3)n(-c3ccc(-c4ccccn4)cc3)c3c2ccc2c3c3ccncc3n2-c2ccc(-c3ccc4ccccc4c3)cc2)cc1. The van der Waals surface area contributed by atoms with Crippen LogP contribution in [0.15, 0.2) is 418 Å². The number of fused-ring (bicyclic) bond motifs is 12. The van der Waals surface area contributed by atoms with Crippen LogP contribution < -0.4 is 0 Å². The molecule has 0 bridgehead atoms. The predicted octanol–water partition coefficient (Wildman–Crippen LogP) is 27.7. The van der Waals surface area contributed by atoms with Crippen LogP contribution in [-0.2, 0) is 0 Å². The van der Waals surface area contributed by atoms with Crippen LogP contribution in [0.2, 0.25) is 0 Å². The van der Waals surface area contributed by atoms with Crippen molar-refractivity contribution in [1.29, 1.82) is 0 Å². The lowest BCUT2D eigenvalue weighted by Crippen LogP contribution is -1.98. The van der Waals surface area contributed by atoms with Gasteiger partial charge in [-0.1, -0.05) is 283 Å². The predicted molar refractivity (Wildman–Crippen MR) is 474 cm³/mol. The number of pyridine rings is 4. The Kier molecular flexibility index (Phi) is 17.6. The van der Waals surface area contributed by atoms with Crippen molar-refractivity contribution in [1.82, 2.24) is 38.6 Å². The van der Waals surface area contributed by atoms with E-state index in [2.05, 4.69) is 400 Å². The molecule has 0 atom stereocenters. The minimum atomic E-state index is 0.953. The number of nitrogens with zero attached hydrogens (tertiary/aromatic N) is 7.